The van der Waals surface area contributed by atoms with Crippen molar-refractivity contribution >= 4 is 11.8 Å². The summed E-state index contributed by atoms with van der Waals surface area (Å²) >= 11 is 0. The van der Waals surface area contributed by atoms with Gasteiger partial charge in [-0.1, -0.05) is 6.92 Å². The number of rotatable bonds is 1. The third kappa shape index (κ3) is 1.81. The second-order valence-electron chi connectivity index (χ2n) is 9.08. The monoisotopic (exact) mass is 346 g/mol. The lowest BCUT2D eigenvalue weighted by atomic mass is 9.49. The number of carbonyl (C=O) groups is 2. The highest BCUT2D eigenvalue weighted by Gasteiger charge is 2.77. The zero-order valence-corrected chi connectivity index (χ0v) is 14.9. The molecule has 25 heavy (non-hydrogen) atoms. The molecule has 1 heterocycles. The van der Waals surface area contributed by atoms with Crippen LogP contribution in [0.3, 0.4) is 0 Å². The first-order valence-electron chi connectivity index (χ1n) is 9.62. The molecule has 5 aliphatic rings. The van der Waals surface area contributed by atoms with E-state index in [9.17, 15) is 14.7 Å². The maximum absolute atomic E-state index is 12.0. The second-order valence-corrected chi connectivity index (χ2v) is 9.08. The van der Waals surface area contributed by atoms with Crippen molar-refractivity contribution < 1.29 is 24.2 Å². The first-order chi connectivity index (χ1) is 11.8. The molecular weight excluding hydrogens is 320 g/mol. The van der Waals surface area contributed by atoms with Gasteiger partial charge in [-0.05, 0) is 68.4 Å². The third-order valence-corrected chi connectivity index (χ3v) is 8.21. The van der Waals surface area contributed by atoms with E-state index in [1.807, 2.05) is 0 Å². The van der Waals surface area contributed by atoms with Crippen LogP contribution in [0.25, 0.3) is 0 Å². The largest absolute Gasteiger partial charge is 0.462 e. The maximum atomic E-state index is 12.0. The van der Waals surface area contributed by atoms with E-state index < -0.39 is 17.3 Å². The minimum atomic E-state index is -1.02. The molecule has 0 radical (unpaired) electrons. The Kier molecular flexibility index (Phi) is 3.04. The molecule has 5 heteroatoms. The molecule has 5 rings (SSSR count). The standard InChI is InChI=1S/C20H26O5/c1-11(21)24-16-4-3-13-12-5-10-20-17(25-20)15(22)7-9-19(20,23)14(12)6-8-18(13,16)2/h7,9,12-14,16-17,23H,3-6,8,10H2,1-2H3/t12-,13-,14-,16-,17-,18-,19-,20-/m0/s1. The van der Waals surface area contributed by atoms with Crippen molar-refractivity contribution in [2.75, 3.05) is 0 Å². The number of hydrogen-bond donors (Lipinski definition) is 1. The Morgan fingerprint density at radius 3 is 2.80 bits per heavy atom. The van der Waals surface area contributed by atoms with Crippen LogP contribution < -0.4 is 0 Å². The predicted molar refractivity (Wildman–Crippen MR) is 88.5 cm³/mol. The summed E-state index contributed by atoms with van der Waals surface area (Å²) in [4.78, 5) is 23.5. The predicted octanol–water partition coefficient (Wildman–Crippen LogP) is 2.16. The van der Waals surface area contributed by atoms with Crippen molar-refractivity contribution in [3.8, 4) is 0 Å². The molecule has 0 amide bonds. The molecule has 4 fully saturated rings. The fraction of sp³-hybridized carbons (Fsp3) is 0.800. The molecule has 0 aromatic heterocycles. The van der Waals surface area contributed by atoms with Crippen LogP contribution in [0.5, 0.6) is 0 Å². The maximum Gasteiger partial charge on any atom is 0.302 e. The SMILES string of the molecule is CC(=O)O[C@H]1CC[C@H]2[C@@H]3CC[C@]45O[C@H]4C(=O)C=C[C@]5(O)[C@H]3CC[C@]12C. The first kappa shape index (κ1) is 16.0. The number of carbonyl (C=O) groups excluding carboxylic acids is 2. The van der Waals surface area contributed by atoms with Gasteiger partial charge in [0.15, 0.2) is 11.9 Å². The van der Waals surface area contributed by atoms with Crippen molar-refractivity contribution in [1.29, 1.82) is 0 Å². The van der Waals surface area contributed by atoms with Crippen molar-refractivity contribution in [2.24, 2.45) is 23.2 Å². The second kappa shape index (κ2) is 4.74. The van der Waals surface area contributed by atoms with Crippen LogP contribution in [-0.4, -0.2) is 40.3 Å². The highest BCUT2D eigenvalue weighted by molar-refractivity contribution is 5.98. The molecule has 3 saturated carbocycles. The Labute approximate surface area is 147 Å². The minimum Gasteiger partial charge on any atom is -0.462 e. The van der Waals surface area contributed by atoms with Crippen molar-refractivity contribution in [1.82, 2.24) is 0 Å². The molecule has 0 aromatic carbocycles. The van der Waals surface area contributed by atoms with Crippen LogP contribution in [0.15, 0.2) is 12.2 Å². The number of ketones is 1. The van der Waals surface area contributed by atoms with Crippen LogP contribution >= 0.6 is 0 Å². The smallest absolute Gasteiger partial charge is 0.302 e. The lowest BCUT2D eigenvalue weighted by molar-refractivity contribution is -0.167. The van der Waals surface area contributed by atoms with E-state index in [0.717, 1.165) is 38.5 Å². The van der Waals surface area contributed by atoms with Gasteiger partial charge in [0.25, 0.3) is 0 Å². The fourth-order valence-electron chi connectivity index (χ4n) is 7.00. The van der Waals surface area contributed by atoms with Gasteiger partial charge in [0, 0.05) is 12.3 Å². The van der Waals surface area contributed by atoms with Crippen molar-refractivity contribution in [3.05, 3.63) is 12.2 Å². The Bertz CT molecular complexity index is 686. The van der Waals surface area contributed by atoms with Crippen LogP contribution in [0.2, 0.25) is 0 Å². The molecule has 0 bridgehead atoms. The number of fused-ring (bicyclic) bond motifs is 4. The van der Waals surface area contributed by atoms with Gasteiger partial charge in [-0.3, -0.25) is 9.59 Å². The number of esters is 1. The van der Waals surface area contributed by atoms with E-state index >= 15 is 0 Å². The molecule has 1 saturated heterocycles. The molecule has 1 aliphatic heterocycles. The summed E-state index contributed by atoms with van der Waals surface area (Å²) in [6.45, 7) is 3.75. The van der Waals surface area contributed by atoms with E-state index in [1.165, 1.54) is 13.0 Å². The lowest BCUT2D eigenvalue weighted by Crippen LogP contribution is -2.62. The summed E-state index contributed by atoms with van der Waals surface area (Å²) < 4.78 is 11.5. The number of ether oxygens (including phenoxy) is 2. The fourth-order valence-corrected chi connectivity index (χ4v) is 7.00. The van der Waals surface area contributed by atoms with E-state index in [2.05, 4.69) is 6.92 Å². The topological polar surface area (TPSA) is 76.1 Å². The molecule has 0 aromatic rings. The zero-order valence-electron chi connectivity index (χ0n) is 14.9. The summed E-state index contributed by atoms with van der Waals surface area (Å²) in [5.74, 6) is 0.792. The molecule has 136 valence electrons. The van der Waals surface area contributed by atoms with Gasteiger partial charge in [-0.25, -0.2) is 0 Å². The average Bonchev–Trinajstić information content (AvgIpc) is 3.22. The van der Waals surface area contributed by atoms with E-state index in [1.54, 1.807) is 6.08 Å². The summed E-state index contributed by atoms with van der Waals surface area (Å²) in [6, 6.07) is 0. The number of aliphatic hydroxyl groups is 1. The van der Waals surface area contributed by atoms with E-state index in [-0.39, 0.29) is 29.2 Å². The van der Waals surface area contributed by atoms with Crippen LogP contribution in [-0.2, 0) is 19.1 Å². The zero-order chi connectivity index (χ0) is 17.6. The van der Waals surface area contributed by atoms with Crippen molar-refractivity contribution in [2.45, 2.75) is 75.8 Å². The normalized spacial score (nSPS) is 55.6. The van der Waals surface area contributed by atoms with Gasteiger partial charge in [0.2, 0.25) is 0 Å². The van der Waals surface area contributed by atoms with Gasteiger partial charge in [0.1, 0.15) is 17.3 Å². The van der Waals surface area contributed by atoms with Crippen LogP contribution in [0, 0.1) is 23.2 Å². The van der Waals surface area contributed by atoms with Gasteiger partial charge in [-0.2, -0.15) is 0 Å². The Morgan fingerprint density at radius 2 is 2.04 bits per heavy atom. The average molecular weight is 346 g/mol. The highest BCUT2D eigenvalue weighted by atomic mass is 16.6. The third-order valence-electron chi connectivity index (χ3n) is 8.21. The molecule has 4 aliphatic carbocycles. The molecule has 1 N–H and O–H groups in total. The van der Waals surface area contributed by atoms with Gasteiger partial charge in [0.05, 0.1) is 0 Å². The Hall–Kier alpha value is -1.20. The summed E-state index contributed by atoms with van der Waals surface area (Å²) in [7, 11) is 0. The first-order valence-corrected chi connectivity index (χ1v) is 9.62. The molecule has 8 atom stereocenters. The molecule has 0 unspecified atom stereocenters. The van der Waals surface area contributed by atoms with Crippen LogP contribution in [0.4, 0.5) is 0 Å². The highest BCUT2D eigenvalue weighted by Crippen LogP contribution is 2.67. The molecular formula is C20H26O5. The lowest BCUT2D eigenvalue weighted by Gasteiger charge is -2.56. The van der Waals surface area contributed by atoms with Gasteiger partial charge in [-0.15, -0.1) is 0 Å². The Morgan fingerprint density at radius 1 is 1.24 bits per heavy atom. The van der Waals surface area contributed by atoms with Crippen molar-refractivity contribution in [3.63, 3.8) is 0 Å². The number of epoxide rings is 1. The van der Waals surface area contributed by atoms with Gasteiger partial charge >= 0.3 is 5.97 Å². The summed E-state index contributed by atoms with van der Waals surface area (Å²) in [5.41, 5.74) is -1.68. The molecule has 5 nitrogen and oxygen atoms in total. The quantitative estimate of drug-likeness (QED) is 0.582. The summed E-state index contributed by atoms with van der Waals surface area (Å²) in [6.07, 6.45) is 8.35. The number of hydrogen-bond acceptors (Lipinski definition) is 5. The van der Waals surface area contributed by atoms with E-state index in [0.29, 0.717) is 11.8 Å². The Balaban J connectivity index is 1.47. The van der Waals surface area contributed by atoms with E-state index in [4.69, 9.17) is 9.47 Å². The minimum absolute atomic E-state index is 0.000406. The van der Waals surface area contributed by atoms with Gasteiger partial charge < -0.3 is 14.6 Å². The molecule has 1 spiro atoms. The van der Waals surface area contributed by atoms with Crippen LogP contribution in [0.1, 0.15) is 52.4 Å². The summed E-state index contributed by atoms with van der Waals surface area (Å²) in [5, 5.41) is 11.6.